The second kappa shape index (κ2) is 5.63. The molecule has 6 heteroatoms. The van der Waals surface area contributed by atoms with Crippen molar-refractivity contribution >= 4 is 33.1 Å². The van der Waals surface area contributed by atoms with Gasteiger partial charge < -0.3 is 10.5 Å². The highest BCUT2D eigenvalue weighted by atomic mass is 79.9. The Hall–Kier alpha value is -1.53. The lowest BCUT2D eigenvalue weighted by molar-refractivity contribution is 0.467. The Labute approximate surface area is 122 Å². The maximum atomic E-state index is 13.1. The summed E-state index contributed by atoms with van der Waals surface area (Å²) in [5.41, 5.74) is 6.08. The third-order valence-electron chi connectivity index (χ3n) is 2.29. The van der Waals surface area contributed by atoms with Crippen molar-refractivity contribution in [2.45, 2.75) is 0 Å². The van der Waals surface area contributed by atoms with E-state index in [1.807, 2.05) is 0 Å². The fraction of sp³-hybridized carbons (Fsp3) is 0. The first kappa shape index (κ1) is 13.9. The lowest BCUT2D eigenvalue weighted by atomic mass is 10.2. The maximum absolute atomic E-state index is 13.1. The summed E-state index contributed by atoms with van der Waals surface area (Å²) in [4.78, 5) is 0.124. The molecule has 0 saturated carbocycles. The summed E-state index contributed by atoms with van der Waals surface area (Å²) in [7, 11) is 0. The van der Waals surface area contributed by atoms with E-state index in [4.69, 9.17) is 22.7 Å². The van der Waals surface area contributed by atoms with Crippen LogP contribution in [-0.2, 0) is 0 Å². The second-order valence-electron chi connectivity index (χ2n) is 3.68. The van der Waals surface area contributed by atoms with Crippen LogP contribution in [0.5, 0.6) is 11.5 Å². The minimum atomic E-state index is -0.720. The van der Waals surface area contributed by atoms with E-state index in [9.17, 15) is 8.78 Å². The fourth-order valence-electron chi connectivity index (χ4n) is 1.54. The third-order valence-corrected chi connectivity index (χ3v) is 3.15. The van der Waals surface area contributed by atoms with Crippen LogP contribution in [0.3, 0.4) is 0 Å². The van der Waals surface area contributed by atoms with Crippen LogP contribution in [0.25, 0.3) is 0 Å². The van der Waals surface area contributed by atoms with E-state index in [0.717, 1.165) is 18.2 Å². The molecule has 2 N–H and O–H groups in total. The summed E-state index contributed by atoms with van der Waals surface area (Å²) in [6, 6.07) is 7.98. The molecule has 0 aliphatic heterocycles. The molecule has 19 heavy (non-hydrogen) atoms. The predicted octanol–water partition coefficient (Wildman–Crippen LogP) is 4.15. The molecule has 2 aromatic carbocycles. The molecular formula is C13H8BrF2NOS. The Morgan fingerprint density at radius 3 is 2.37 bits per heavy atom. The molecule has 2 rings (SSSR count). The molecule has 0 unspecified atom stereocenters. The van der Waals surface area contributed by atoms with Gasteiger partial charge in [0, 0.05) is 22.7 Å². The van der Waals surface area contributed by atoms with Crippen LogP contribution in [0.4, 0.5) is 8.78 Å². The van der Waals surface area contributed by atoms with Crippen molar-refractivity contribution < 1.29 is 13.5 Å². The van der Waals surface area contributed by atoms with Crippen LogP contribution in [-0.4, -0.2) is 4.99 Å². The Morgan fingerprint density at radius 1 is 1.16 bits per heavy atom. The van der Waals surface area contributed by atoms with Crippen LogP contribution >= 0.6 is 28.1 Å². The minimum Gasteiger partial charge on any atom is -0.456 e. The van der Waals surface area contributed by atoms with Crippen molar-refractivity contribution in [1.29, 1.82) is 0 Å². The smallest absolute Gasteiger partial charge is 0.138 e. The average Bonchev–Trinajstić information content (AvgIpc) is 2.26. The molecule has 2 aromatic rings. The number of thiocarbonyl (C=S) groups is 1. The zero-order valence-electron chi connectivity index (χ0n) is 9.49. The molecular weight excluding hydrogens is 336 g/mol. The van der Waals surface area contributed by atoms with E-state index < -0.39 is 11.6 Å². The molecule has 0 aromatic heterocycles. The average molecular weight is 344 g/mol. The van der Waals surface area contributed by atoms with E-state index in [1.165, 1.54) is 0 Å². The van der Waals surface area contributed by atoms with Crippen LogP contribution in [0.15, 0.2) is 40.9 Å². The standard InChI is InChI=1S/C13H8BrF2NOS/c14-10-2-1-3-11(12(10)13(17)19)18-9-5-7(15)4-8(16)6-9/h1-6H,(H2,17,19). The number of rotatable bonds is 3. The van der Waals surface area contributed by atoms with Crippen molar-refractivity contribution in [1.82, 2.24) is 0 Å². The van der Waals surface area contributed by atoms with Gasteiger partial charge in [0.05, 0.1) is 5.56 Å². The van der Waals surface area contributed by atoms with Gasteiger partial charge in [0.25, 0.3) is 0 Å². The zero-order chi connectivity index (χ0) is 14.0. The van der Waals surface area contributed by atoms with Gasteiger partial charge in [-0.3, -0.25) is 0 Å². The normalized spacial score (nSPS) is 10.3. The molecule has 0 fully saturated rings. The number of ether oxygens (including phenoxy) is 1. The van der Waals surface area contributed by atoms with E-state index in [1.54, 1.807) is 18.2 Å². The molecule has 0 heterocycles. The molecule has 0 aliphatic rings. The van der Waals surface area contributed by atoms with Gasteiger partial charge in [-0.2, -0.15) is 0 Å². The first-order valence-corrected chi connectivity index (χ1v) is 6.40. The summed E-state index contributed by atoms with van der Waals surface area (Å²) >= 11 is 8.22. The van der Waals surface area contributed by atoms with Crippen molar-refractivity contribution in [2.24, 2.45) is 5.73 Å². The zero-order valence-corrected chi connectivity index (χ0v) is 11.9. The lowest BCUT2D eigenvalue weighted by Gasteiger charge is -2.11. The molecule has 0 bridgehead atoms. The molecule has 0 amide bonds. The predicted molar refractivity (Wildman–Crippen MR) is 76.5 cm³/mol. The number of nitrogens with two attached hydrogens (primary N) is 1. The second-order valence-corrected chi connectivity index (χ2v) is 4.98. The van der Waals surface area contributed by atoms with Crippen molar-refractivity contribution in [3.05, 3.63) is 58.1 Å². The van der Waals surface area contributed by atoms with Gasteiger partial charge in [0.1, 0.15) is 28.1 Å². The Kier molecular flexibility index (Phi) is 4.11. The highest BCUT2D eigenvalue weighted by molar-refractivity contribution is 9.10. The number of halogens is 3. The summed E-state index contributed by atoms with van der Waals surface area (Å²) in [6.45, 7) is 0. The SMILES string of the molecule is NC(=S)c1c(Br)cccc1Oc1cc(F)cc(F)c1. The number of hydrogen-bond donors (Lipinski definition) is 1. The summed E-state index contributed by atoms with van der Waals surface area (Å²) < 4.78 is 32.3. The monoisotopic (exact) mass is 343 g/mol. The first-order valence-electron chi connectivity index (χ1n) is 5.19. The van der Waals surface area contributed by atoms with Gasteiger partial charge in [-0.15, -0.1) is 0 Å². The molecule has 0 saturated heterocycles. The third kappa shape index (κ3) is 3.27. The van der Waals surface area contributed by atoms with Gasteiger partial charge >= 0.3 is 0 Å². The fourth-order valence-corrected chi connectivity index (χ4v) is 2.45. The lowest BCUT2D eigenvalue weighted by Crippen LogP contribution is -2.11. The number of benzene rings is 2. The Balaban J connectivity index is 2.43. The summed E-state index contributed by atoms with van der Waals surface area (Å²) in [6.07, 6.45) is 0. The van der Waals surface area contributed by atoms with Crippen LogP contribution in [0.1, 0.15) is 5.56 Å². The van der Waals surface area contributed by atoms with Crippen LogP contribution in [0, 0.1) is 11.6 Å². The molecule has 0 aliphatic carbocycles. The minimum absolute atomic E-state index is 0.0353. The van der Waals surface area contributed by atoms with Crippen LogP contribution < -0.4 is 10.5 Å². The van der Waals surface area contributed by atoms with Gasteiger partial charge in [-0.25, -0.2) is 8.78 Å². The molecule has 0 radical (unpaired) electrons. The van der Waals surface area contributed by atoms with Gasteiger partial charge in [-0.05, 0) is 28.1 Å². The van der Waals surface area contributed by atoms with Gasteiger partial charge in [0.15, 0.2) is 0 Å². The maximum Gasteiger partial charge on any atom is 0.138 e. The number of hydrogen-bond acceptors (Lipinski definition) is 2. The Morgan fingerprint density at radius 2 is 1.79 bits per heavy atom. The molecule has 0 atom stereocenters. The van der Waals surface area contributed by atoms with E-state index in [-0.39, 0.29) is 10.7 Å². The van der Waals surface area contributed by atoms with Crippen molar-refractivity contribution in [3.63, 3.8) is 0 Å². The molecule has 2 nitrogen and oxygen atoms in total. The highest BCUT2D eigenvalue weighted by Gasteiger charge is 2.12. The summed E-state index contributed by atoms with van der Waals surface area (Å²) in [5.74, 6) is -1.08. The molecule has 98 valence electrons. The Bertz CT molecular complexity index is 628. The highest BCUT2D eigenvalue weighted by Crippen LogP contribution is 2.31. The first-order chi connectivity index (χ1) is 8.97. The van der Waals surface area contributed by atoms with E-state index in [2.05, 4.69) is 15.9 Å². The molecule has 0 spiro atoms. The summed E-state index contributed by atoms with van der Waals surface area (Å²) in [5, 5.41) is 0. The van der Waals surface area contributed by atoms with E-state index in [0.29, 0.717) is 15.8 Å². The van der Waals surface area contributed by atoms with Crippen molar-refractivity contribution in [2.75, 3.05) is 0 Å². The van der Waals surface area contributed by atoms with E-state index >= 15 is 0 Å². The van der Waals surface area contributed by atoms with Crippen LogP contribution in [0.2, 0.25) is 0 Å². The van der Waals surface area contributed by atoms with Gasteiger partial charge in [0.2, 0.25) is 0 Å². The topological polar surface area (TPSA) is 35.2 Å². The largest absolute Gasteiger partial charge is 0.456 e. The van der Waals surface area contributed by atoms with Crippen molar-refractivity contribution in [3.8, 4) is 11.5 Å². The van der Waals surface area contributed by atoms with Gasteiger partial charge in [-0.1, -0.05) is 18.3 Å². The quantitative estimate of drug-likeness (QED) is 0.850.